The van der Waals surface area contributed by atoms with Crippen LogP contribution in [-0.4, -0.2) is 26.3 Å². The maximum absolute atomic E-state index is 13.1. The van der Waals surface area contributed by atoms with Gasteiger partial charge in [-0.05, 0) is 17.5 Å². The summed E-state index contributed by atoms with van der Waals surface area (Å²) in [4.78, 5) is 11.3. The minimum atomic E-state index is -5.28. The number of rotatable bonds is 4. The zero-order valence-corrected chi connectivity index (χ0v) is 17.7. The topological polar surface area (TPSA) is 26.3 Å². The second-order valence-electron chi connectivity index (χ2n) is 8.64. The van der Waals surface area contributed by atoms with Gasteiger partial charge < -0.3 is 4.74 Å². The Balaban J connectivity index is 3.45. The van der Waals surface area contributed by atoms with Crippen molar-refractivity contribution in [3.63, 3.8) is 0 Å². The number of benzene rings is 1. The van der Waals surface area contributed by atoms with Gasteiger partial charge in [-0.25, -0.2) is 4.79 Å². The van der Waals surface area contributed by atoms with Crippen molar-refractivity contribution in [2.45, 2.75) is 64.5 Å². The molecule has 0 amide bonds. The average molecular weight is 468 g/mol. The zero-order chi connectivity index (χ0) is 23.9. The van der Waals surface area contributed by atoms with Gasteiger partial charge in [-0.3, -0.25) is 0 Å². The van der Waals surface area contributed by atoms with Crippen LogP contribution in [0.4, 0.5) is 39.5 Å². The molecule has 0 bridgehead atoms. The highest BCUT2D eigenvalue weighted by atomic mass is 28.3. The SMILES string of the molecule is CC(C)(C)C(C[Si](C)(C)c1cc(C(F)(F)F)cc(C(F)(F)F)c1)OC(=O)C(F)(F)F. The fraction of sp³-hybridized carbons (Fsp3) is 0.611. The molecule has 1 rings (SSSR count). The van der Waals surface area contributed by atoms with E-state index in [1.165, 1.54) is 33.9 Å². The van der Waals surface area contributed by atoms with Gasteiger partial charge in [0.2, 0.25) is 0 Å². The molecule has 1 unspecified atom stereocenters. The van der Waals surface area contributed by atoms with E-state index in [-0.39, 0.29) is 17.3 Å². The van der Waals surface area contributed by atoms with E-state index in [4.69, 9.17) is 0 Å². The summed E-state index contributed by atoms with van der Waals surface area (Å²) < 4.78 is 121. The highest BCUT2D eigenvalue weighted by Gasteiger charge is 2.46. The molecule has 0 aliphatic carbocycles. The van der Waals surface area contributed by atoms with E-state index < -0.39 is 55.2 Å². The predicted molar refractivity (Wildman–Crippen MR) is 93.8 cm³/mol. The van der Waals surface area contributed by atoms with Crippen LogP contribution in [0.5, 0.6) is 0 Å². The lowest BCUT2D eigenvalue weighted by Crippen LogP contribution is -2.49. The molecule has 1 atom stereocenters. The third-order valence-corrected chi connectivity index (χ3v) is 7.75. The van der Waals surface area contributed by atoms with Crippen molar-refractivity contribution < 1.29 is 49.0 Å². The van der Waals surface area contributed by atoms with E-state index in [1.54, 1.807) is 0 Å². The smallest absolute Gasteiger partial charge is 0.455 e. The first kappa shape index (κ1) is 26.3. The van der Waals surface area contributed by atoms with Crippen molar-refractivity contribution in [3.8, 4) is 0 Å². The molecule has 0 aliphatic heterocycles. The third-order valence-electron chi connectivity index (χ3n) is 4.51. The maximum atomic E-state index is 13.1. The standard InChI is InChI=1S/C18H21F9O2Si/c1-15(2,3)13(29-14(28)18(25,26)27)9-30(4,5)12-7-10(16(19,20)21)6-11(8-12)17(22,23)24/h6-8,13H,9H2,1-5H3. The molecule has 0 saturated carbocycles. The van der Waals surface area contributed by atoms with Crippen LogP contribution in [0, 0.1) is 5.41 Å². The van der Waals surface area contributed by atoms with E-state index in [2.05, 4.69) is 4.74 Å². The molecule has 1 aromatic rings. The Bertz CT molecular complexity index is 740. The Hall–Kier alpha value is -1.72. The molecule has 0 saturated heterocycles. The van der Waals surface area contributed by atoms with E-state index >= 15 is 0 Å². The van der Waals surface area contributed by atoms with Crippen LogP contribution in [0.25, 0.3) is 0 Å². The highest BCUT2D eigenvalue weighted by molar-refractivity contribution is 6.90. The van der Waals surface area contributed by atoms with Crippen LogP contribution in [-0.2, 0) is 21.9 Å². The first-order chi connectivity index (χ1) is 13.0. The van der Waals surface area contributed by atoms with Gasteiger partial charge in [0, 0.05) is 0 Å². The number of hydrogen-bond acceptors (Lipinski definition) is 2. The third kappa shape index (κ3) is 6.91. The summed E-state index contributed by atoms with van der Waals surface area (Å²) in [5.74, 6) is -2.47. The molecular weight excluding hydrogens is 447 g/mol. The van der Waals surface area contributed by atoms with Crippen LogP contribution in [0.3, 0.4) is 0 Å². The molecule has 0 aliphatic rings. The molecule has 0 heterocycles. The molecular formula is C18H21F9O2Si. The quantitative estimate of drug-likeness (QED) is 0.301. The van der Waals surface area contributed by atoms with Crippen molar-refractivity contribution in [2.75, 3.05) is 0 Å². The molecule has 1 aromatic carbocycles. The molecule has 0 N–H and O–H groups in total. The fourth-order valence-electron chi connectivity index (χ4n) is 2.65. The number of halogens is 9. The lowest BCUT2D eigenvalue weighted by molar-refractivity contribution is -0.208. The molecule has 0 fully saturated rings. The predicted octanol–water partition coefficient (Wildman–Crippen LogP) is 6.16. The number of carbonyl (C=O) groups is 1. The van der Waals surface area contributed by atoms with Crippen LogP contribution >= 0.6 is 0 Å². The monoisotopic (exact) mass is 468 g/mol. The lowest BCUT2D eigenvalue weighted by Gasteiger charge is -2.36. The number of ether oxygens (including phenoxy) is 1. The lowest BCUT2D eigenvalue weighted by atomic mass is 9.90. The van der Waals surface area contributed by atoms with Gasteiger partial charge in [-0.1, -0.05) is 51.2 Å². The number of esters is 1. The number of hydrogen-bond donors (Lipinski definition) is 0. The molecule has 0 spiro atoms. The molecule has 12 heteroatoms. The normalized spacial score (nSPS) is 15.1. The highest BCUT2D eigenvalue weighted by Crippen LogP contribution is 2.37. The summed E-state index contributed by atoms with van der Waals surface area (Å²) in [6.07, 6.45) is -16.8. The van der Waals surface area contributed by atoms with Gasteiger partial charge in [0.15, 0.2) is 0 Å². The van der Waals surface area contributed by atoms with Crippen LogP contribution in [0.2, 0.25) is 19.1 Å². The van der Waals surface area contributed by atoms with E-state index in [0.717, 1.165) is 0 Å². The van der Waals surface area contributed by atoms with Crippen molar-refractivity contribution in [2.24, 2.45) is 5.41 Å². The second kappa shape index (κ2) is 8.08. The number of alkyl halides is 9. The van der Waals surface area contributed by atoms with Gasteiger partial charge in [-0.15, -0.1) is 0 Å². The molecule has 30 heavy (non-hydrogen) atoms. The maximum Gasteiger partial charge on any atom is 0.490 e. The summed E-state index contributed by atoms with van der Waals surface area (Å²) in [6, 6.07) is 0.829. The minimum Gasteiger partial charge on any atom is -0.455 e. The Morgan fingerprint density at radius 1 is 0.867 bits per heavy atom. The Morgan fingerprint density at radius 2 is 1.27 bits per heavy atom. The minimum absolute atomic E-state index is 0.0150. The number of carbonyl (C=O) groups excluding carboxylic acids is 1. The summed E-state index contributed by atoms with van der Waals surface area (Å²) >= 11 is 0. The van der Waals surface area contributed by atoms with Crippen molar-refractivity contribution in [1.82, 2.24) is 0 Å². The molecule has 172 valence electrons. The molecule has 0 radical (unpaired) electrons. The van der Waals surface area contributed by atoms with Gasteiger partial charge in [-0.2, -0.15) is 39.5 Å². The Morgan fingerprint density at radius 3 is 1.57 bits per heavy atom. The van der Waals surface area contributed by atoms with Crippen LogP contribution in [0.15, 0.2) is 18.2 Å². The largest absolute Gasteiger partial charge is 0.490 e. The second-order valence-corrected chi connectivity index (χ2v) is 13.4. The molecule has 0 aromatic heterocycles. The summed E-state index contributed by atoms with van der Waals surface area (Å²) in [7, 11) is -3.24. The Kier molecular flexibility index (Phi) is 7.09. The first-order valence-corrected chi connectivity index (χ1v) is 11.8. The van der Waals surface area contributed by atoms with Gasteiger partial charge in [0.05, 0.1) is 19.2 Å². The Labute approximate surface area is 168 Å². The summed E-state index contributed by atoms with van der Waals surface area (Å²) in [5.41, 5.74) is -4.06. The van der Waals surface area contributed by atoms with Gasteiger partial charge in [0.1, 0.15) is 6.10 Å². The van der Waals surface area contributed by atoms with Crippen molar-refractivity contribution in [1.29, 1.82) is 0 Å². The van der Waals surface area contributed by atoms with E-state index in [9.17, 15) is 44.3 Å². The molecule has 2 nitrogen and oxygen atoms in total. The fourth-order valence-corrected chi connectivity index (χ4v) is 5.60. The average Bonchev–Trinajstić information content (AvgIpc) is 2.50. The first-order valence-electron chi connectivity index (χ1n) is 8.63. The van der Waals surface area contributed by atoms with Crippen molar-refractivity contribution >= 4 is 19.2 Å². The van der Waals surface area contributed by atoms with Crippen molar-refractivity contribution in [3.05, 3.63) is 29.3 Å². The van der Waals surface area contributed by atoms with Crippen LogP contribution < -0.4 is 5.19 Å². The van der Waals surface area contributed by atoms with E-state index in [0.29, 0.717) is 12.1 Å². The van der Waals surface area contributed by atoms with Crippen LogP contribution in [0.1, 0.15) is 31.9 Å². The van der Waals surface area contributed by atoms with E-state index in [1.807, 2.05) is 0 Å². The van der Waals surface area contributed by atoms with Gasteiger partial charge >= 0.3 is 24.5 Å². The zero-order valence-electron chi connectivity index (χ0n) is 16.7. The van der Waals surface area contributed by atoms with Gasteiger partial charge in [0.25, 0.3) is 0 Å². The summed E-state index contributed by atoms with van der Waals surface area (Å²) in [5, 5.41) is -0.262. The summed E-state index contributed by atoms with van der Waals surface area (Å²) in [6.45, 7) is 7.18.